The fourth-order valence-electron chi connectivity index (χ4n) is 2.40. The molecule has 1 saturated carbocycles. The minimum absolute atomic E-state index is 0.0318. The van der Waals surface area contributed by atoms with Gasteiger partial charge in [-0.3, -0.25) is 0 Å². The molecule has 0 spiro atoms. The summed E-state index contributed by atoms with van der Waals surface area (Å²) in [4.78, 5) is 1.17. The third-order valence-corrected chi connectivity index (χ3v) is 6.13. The summed E-state index contributed by atoms with van der Waals surface area (Å²) in [6.07, 6.45) is 2.64. The Balaban J connectivity index is 2.15. The second-order valence-corrected chi connectivity index (χ2v) is 8.51. The minimum Gasteiger partial charge on any atom is -0.396 e. The number of hydrogen-bond acceptors (Lipinski definition) is 4. The van der Waals surface area contributed by atoms with Crippen molar-refractivity contribution < 1.29 is 13.5 Å². The number of rotatable bonds is 8. The van der Waals surface area contributed by atoms with Crippen LogP contribution in [0.2, 0.25) is 0 Å². The molecule has 0 unspecified atom stereocenters. The lowest BCUT2D eigenvalue weighted by Crippen LogP contribution is -2.34. The van der Waals surface area contributed by atoms with Gasteiger partial charge in [-0.15, -0.1) is 11.3 Å². The average molecular weight is 315 g/mol. The highest BCUT2D eigenvalue weighted by atomic mass is 32.2. The van der Waals surface area contributed by atoms with Gasteiger partial charge in [0, 0.05) is 30.0 Å². The van der Waals surface area contributed by atoms with Crippen molar-refractivity contribution in [1.29, 1.82) is 0 Å². The monoisotopic (exact) mass is 315 g/mol. The maximum Gasteiger partial charge on any atom is 0.235 e. The van der Waals surface area contributed by atoms with Gasteiger partial charge in [-0.25, -0.2) is 8.42 Å². The molecule has 0 radical (unpaired) electrons. The normalized spacial score (nSPS) is 17.4. The average Bonchev–Trinajstić information content (AvgIpc) is 3.03. The van der Waals surface area contributed by atoms with E-state index in [0.29, 0.717) is 19.5 Å². The lowest BCUT2D eigenvalue weighted by molar-refractivity contribution is 0.224. The molecule has 1 heterocycles. The summed E-state index contributed by atoms with van der Waals surface area (Å²) in [6.45, 7) is 6.39. The van der Waals surface area contributed by atoms with Gasteiger partial charge in [0.25, 0.3) is 0 Å². The minimum atomic E-state index is -3.44. The molecule has 112 valence electrons. The van der Waals surface area contributed by atoms with E-state index in [1.54, 1.807) is 11.3 Å². The van der Waals surface area contributed by atoms with Crippen LogP contribution in [0.3, 0.4) is 0 Å². The smallest absolute Gasteiger partial charge is 0.235 e. The molecule has 20 heavy (non-hydrogen) atoms. The fourth-order valence-corrected chi connectivity index (χ4v) is 4.09. The van der Waals surface area contributed by atoms with Gasteiger partial charge in [0.15, 0.2) is 0 Å². The summed E-state index contributed by atoms with van der Waals surface area (Å²) in [7, 11) is -3.44. The van der Waals surface area contributed by atoms with Crippen LogP contribution in [0.25, 0.3) is 0 Å². The van der Waals surface area contributed by atoms with Gasteiger partial charge < -0.3 is 5.11 Å². The molecule has 4 nitrogen and oxygen atoms in total. The Bertz CT molecular complexity index is 573. The molecule has 0 bridgehead atoms. The summed E-state index contributed by atoms with van der Waals surface area (Å²) in [5.41, 5.74) is 0.980. The lowest BCUT2D eigenvalue weighted by atomic mass is 10.0. The van der Waals surface area contributed by atoms with Gasteiger partial charge in [0.2, 0.25) is 10.0 Å². The van der Waals surface area contributed by atoms with Gasteiger partial charge >= 0.3 is 0 Å². The number of aryl methyl sites for hydroxylation is 1. The molecule has 0 amide bonds. The maximum atomic E-state index is 12.2. The van der Waals surface area contributed by atoms with Crippen LogP contribution in [-0.2, 0) is 16.6 Å². The molecule has 0 saturated heterocycles. The van der Waals surface area contributed by atoms with Crippen molar-refractivity contribution in [3.05, 3.63) is 33.9 Å². The van der Waals surface area contributed by atoms with E-state index in [0.717, 1.165) is 23.8 Å². The number of nitrogens with zero attached hydrogens (tertiary/aromatic N) is 1. The second kappa shape index (κ2) is 5.97. The zero-order chi connectivity index (χ0) is 14.8. The molecule has 0 aromatic carbocycles. The van der Waals surface area contributed by atoms with Crippen LogP contribution < -0.4 is 0 Å². The van der Waals surface area contributed by atoms with E-state index in [-0.39, 0.29) is 12.0 Å². The molecule has 0 aliphatic heterocycles. The maximum absolute atomic E-state index is 12.2. The topological polar surface area (TPSA) is 57.6 Å². The van der Waals surface area contributed by atoms with E-state index < -0.39 is 10.0 Å². The predicted octanol–water partition coefficient (Wildman–Crippen LogP) is 2.49. The first kappa shape index (κ1) is 15.7. The molecule has 6 heteroatoms. The Morgan fingerprint density at radius 1 is 1.55 bits per heavy atom. The molecule has 1 fully saturated rings. The Morgan fingerprint density at radius 3 is 2.70 bits per heavy atom. The van der Waals surface area contributed by atoms with Crippen LogP contribution in [0.4, 0.5) is 0 Å². The van der Waals surface area contributed by atoms with Crippen LogP contribution in [0.5, 0.6) is 0 Å². The number of sulfonamides is 1. The van der Waals surface area contributed by atoms with Crippen LogP contribution in [0.1, 0.15) is 29.7 Å². The Hall–Kier alpha value is -0.690. The van der Waals surface area contributed by atoms with Gasteiger partial charge in [0.1, 0.15) is 0 Å². The molecule has 2 rings (SSSR count). The van der Waals surface area contributed by atoms with E-state index in [1.807, 2.05) is 18.4 Å². The highest BCUT2D eigenvalue weighted by Crippen LogP contribution is 2.49. The number of thiophene rings is 1. The fraction of sp³-hybridized carbons (Fsp3) is 0.571. The summed E-state index contributed by atoms with van der Waals surface area (Å²) in [5, 5.41) is 12.1. The van der Waals surface area contributed by atoms with Gasteiger partial charge in [-0.05, 0) is 48.6 Å². The first-order valence-corrected chi connectivity index (χ1v) is 9.07. The number of aliphatic hydroxyl groups excluding tert-OH is 1. The predicted molar refractivity (Wildman–Crippen MR) is 82.0 cm³/mol. The summed E-state index contributed by atoms with van der Waals surface area (Å²) < 4.78 is 25.8. The quantitative estimate of drug-likeness (QED) is 0.802. The molecule has 1 aliphatic rings. The third kappa shape index (κ3) is 3.69. The number of aliphatic hydroxyl groups is 1. The molecule has 1 aliphatic carbocycles. The van der Waals surface area contributed by atoms with Crippen LogP contribution >= 0.6 is 11.3 Å². The van der Waals surface area contributed by atoms with E-state index >= 15 is 0 Å². The Labute approximate surface area is 124 Å². The Morgan fingerprint density at radius 2 is 2.25 bits per heavy atom. The van der Waals surface area contributed by atoms with Crippen molar-refractivity contribution in [3.63, 3.8) is 0 Å². The van der Waals surface area contributed by atoms with E-state index in [9.17, 15) is 8.42 Å². The molecule has 1 N–H and O–H groups in total. The first-order chi connectivity index (χ1) is 9.41. The van der Waals surface area contributed by atoms with E-state index in [2.05, 4.69) is 6.58 Å². The second-order valence-electron chi connectivity index (χ2n) is 5.52. The SMILES string of the molecule is C=CS(=O)(=O)N(Cc1csc(C)c1)CC1(CCO)CC1. The van der Waals surface area contributed by atoms with Gasteiger partial charge in [-0.1, -0.05) is 6.58 Å². The van der Waals surface area contributed by atoms with Crippen molar-refractivity contribution >= 4 is 21.4 Å². The van der Waals surface area contributed by atoms with E-state index in [1.165, 1.54) is 9.18 Å². The zero-order valence-corrected chi connectivity index (χ0v) is 13.3. The third-order valence-electron chi connectivity index (χ3n) is 3.83. The highest BCUT2D eigenvalue weighted by molar-refractivity contribution is 7.91. The standard InChI is InChI=1S/C14H21NO3S2/c1-3-20(17,18)15(9-13-8-12(2)19-10-13)11-14(4-5-14)6-7-16/h3,8,10,16H,1,4-7,9,11H2,2H3. The zero-order valence-electron chi connectivity index (χ0n) is 11.7. The highest BCUT2D eigenvalue weighted by Gasteiger charge is 2.44. The van der Waals surface area contributed by atoms with Crippen molar-refractivity contribution in [1.82, 2.24) is 4.31 Å². The molecule has 0 atom stereocenters. The largest absolute Gasteiger partial charge is 0.396 e. The summed E-state index contributed by atoms with van der Waals surface area (Å²) in [6, 6.07) is 2.02. The van der Waals surface area contributed by atoms with Crippen molar-refractivity contribution in [3.8, 4) is 0 Å². The van der Waals surface area contributed by atoms with E-state index in [4.69, 9.17) is 5.11 Å². The molecule has 1 aromatic rings. The molecule has 1 aromatic heterocycles. The van der Waals surface area contributed by atoms with Crippen molar-refractivity contribution in [2.45, 2.75) is 32.7 Å². The lowest BCUT2D eigenvalue weighted by Gasteiger charge is -2.25. The first-order valence-electron chi connectivity index (χ1n) is 6.68. The number of hydrogen-bond donors (Lipinski definition) is 1. The van der Waals surface area contributed by atoms with Crippen LogP contribution in [-0.4, -0.2) is 31.0 Å². The summed E-state index contributed by atoms with van der Waals surface area (Å²) in [5.74, 6) is 0. The van der Waals surface area contributed by atoms with Gasteiger partial charge in [-0.2, -0.15) is 4.31 Å². The Kier molecular flexibility index (Phi) is 4.69. The van der Waals surface area contributed by atoms with Gasteiger partial charge in [0.05, 0.1) is 0 Å². The van der Waals surface area contributed by atoms with Crippen molar-refractivity contribution in [2.75, 3.05) is 13.2 Å². The van der Waals surface area contributed by atoms with Crippen LogP contribution in [0.15, 0.2) is 23.4 Å². The molecular formula is C14H21NO3S2. The summed E-state index contributed by atoms with van der Waals surface area (Å²) >= 11 is 1.62. The van der Waals surface area contributed by atoms with Crippen LogP contribution in [0, 0.1) is 12.3 Å². The molecular weight excluding hydrogens is 294 g/mol. The van der Waals surface area contributed by atoms with Crippen molar-refractivity contribution in [2.24, 2.45) is 5.41 Å².